The molecule has 1 aromatic heterocycles. The molecule has 0 fully saturated rings. The van der Waals surface area contributed by atoms with Crippen molar-refractivity contribution in [2.24, 2.45) is 7.05 Å². The first-order chi connectivity index (χ1) is 13.7. The lowest BCUT2D eigenvalue weighted by molar-refractivity contribution is 0.297. The summed E-state index contributed by atoms with van der Waals surface area (Å²) in [6.45, 7) is 2.86. The third kappa shape index (κ3) is 4.34. The smallest absolute Gasteiger partial charge is 0.161 e. The monoisotopic (exact) mass is 381 g/mol. The van der Waals surface area contributed by atoms with Gasteiger partial charge in [-0.3, -0.25) is 4.68 Å². The summed E-state index contributed by atoms with van der Waals surface area (Å²) in [4.78, 5) is 0. The average molecular weight is 381 g/mol. The van der Waals surface area contributed by atoms with Crippen LogP contribution in [0.5, 0.6) is 11.5 Å². The van der Waals surface area contributed by atoms with Crippen molar-refractivity contribution in [3.8, 4) is 22.8 Å². The molecule has 0 bridgehead atoms. The van der Waals surface area contributed by atoms with Crippen LogP contribution < -0.4 is 14.8 Å². The first kappa shape index (κ1) is 18.5. The third-order valence-corrected chi connectivity index (χ3v) is 4.74. The molecule has 0 atom stereocenters. The highest BCUT2D eigenvalue weighted by molar-refractivity contribution is 5.66. The number of nitrogens with one attached hydrogen (secondary N) is 1. The molecule has 1 aliphatic rings. The van der Waals surface area contributed by atoms with Gasteiger partial charge in [0.15, 0.2) is 11.5 Å². The van der Waals surface area contributed by atoms with Gasteiger partial charge in [-0.2, -0.15) is 5.10 Å². The van der Waals surface area contributed by atoms with Crippen LogP contribution in [0.1, 0.15) is 17.5 Å². The van der Waals surface area contributed by atoms with Crippen LogP contribution in [-0.2, 0) is 20.0 Å². The maximum Gasteiger partial charge on any atom is 0.161 e. The van der Waals surface area contributed by atoms with E-state index in [9.17, 15) is 4.39 Å². The molecule has 5 nitrogen and oxygen atoms in total. The Balaban J connectivity index is 1.43. The summed E-state index contributed by atoms with van der Waals surface area (Å²) in [6.07, 6.45) is 3.76. The van der Waals surface area contributed by atoms with E-state index in [1.807, 2.05) is 48.3 Å². The number of ether oxygens (including phenoxy) is 2. The summed E-state index contributed by atoms with van der Waals surface area (Å²) >= 11 is 0. The van der Waals surface area contributed by atoms with Crippen molar-refractivity contribution in [1.82, 2.24) is 15.1 Å². The Morgan fingerprint density at radius 2 is 1.86 bits per heavy atom. The Morgan fingerprint density at radius 1 is 1.07 bits per heavy atom. The zero-order valence-corrected chi connectivity index (χ0v) is 16.0. The highest BCUT2D eigenvalue weighted by atomic mass is 19.1. The van der Waals surface area contributed by atoms with Gasteiger partial charge in [-0.05, 0) is 48.9 Å². The predicted molar refractivity (Wildman–Crippen MR) is 106 cm³/mol. The number of aryl methyl sites for hydroxylation is 1. The lowest BCUT2D eigenvalue weighted by Gasteiger charge is -2.10. The van der Waals surface area contributed by atoms with Gasteiger partial charge in [-0.1, -0.05) is 12.1 Å². The van der Waals surface area contributed by atoms with E-state index in [0.717, 1.165) is 53.3 Å². The van der Waals surface area contributed by atoms with E-state index in [0.29, 0.717) is 19.8 Å². The predicted octanol–water partition coefficient (Wildman–Crippen LogP) is 3.72. The molecule has 0 spiro atoms. The van der Waals surface area contributed by atoms with E-state index in [4.69, 9.17) is 9.47 Å². The van der Waals surface area contributed by atoms with E-state index in [-0.39, 0.29) is 5.82 Å². The Hall–Kier alpha value is -2.86. The number of fused-ring (bicyclic) bond motifs is 1. The minimum atomic E-state index is -0.202. The molecular weight excluding hydrogens is 357 g/mol. The largest absolute Gasteiger partial charge is 0.490 e. The van der Waals surface area contributed by atoms with Crippen molar-refractivity contribution in [2.45, 2.75) is 19.4 Å². The zero-order valence-electron chi connectivity index (χ0n) is 16.0. The van der Waals surface area contributed by atoms with Gasteiger partial charge in [-0.25, -0.2) is 4.39 Å². The number of hydrogen-bond acceptors (Lipinski definition) is 4. The van der Waals surface area contributed by atoms with Crippen LogP contribution in [0.15, 0.2) is 48.7 Å². The highest BCUT2D eigenvalue weighted by Gasteiger charge is 2.15. The highest BCUT2D eigenvalue weighted by Crippen LogP contribution is 2.34. The summed E-state index contributed by atoms with van der Waals surface area (Å²) in [6, 6.07) is 12.6. The molecule has 0 unspecified atom stereocenters. The molecule has 0 amide bonds. The number of hydrogen-bond donors (Lipinski definition) is 1. The zero-order chi connectivity index (χ0) is 19.3. The molecule has 2 aromatic carbocycles. The topological polar surface area (TPSA) is 48.3 Å². The second-order valence-corrected chi connectivity index (χ2v) is 6.94. The minimum absolute atomic E-state index is 0.202. The first-order valence-electron chi connectivity index (χ1n) is 9.57. The first-order valence-corrected chi connectivity index (χ1v) is 9.57. The summed E-state index contributed by atoms with van der Waals surface area (Å²) < 4.78 is 26.3. The maximum absolute atomic E-state index is 13.0. The summed E-state index contributed by atoms with van der Waals surface area (Å²) in [5, 5.41) is 8.10. The molecule has 4 rings (SSSR count). The number of halogens is 1. The van der Waals surface area contributed by atoms with Gasteiger partial charge >= 0.3 is 0 Å². The quantitative estimate of drug-likeness (QED) is 0.661. The number of rotatable bonds is 6. The second kappa shape index (κ2) is 8.44. The normalized spacial score (nSPS) is 13.4. The molecular formula is C22H24FN3O2. The van der Waals surface area contributed by atoms with Crippen LogP contribution in [0.3, 0.4) is 0 Å². The Morgan fingerprint density at radius 3 is 2.68 bits per heavy atom. The maximum atomic E-state index is 13.0. The van der Waals surface area contributed by atoms with Crippen LogP contribution in [0.4, 0.5) is 4.39 Å². The van der Waals surface area contributed by atoms with E-state index in [2.05, 4.69) is 10.4 Å². The third-order valence-electron chi connectivity index (χ3n) is 4.74. The van der Waals surface area contributed by atoms with Crippen molar-refractivity contribution in [1.29, 1.82) is 0 Å². The molecule has 1 aliphatic heterocycles. The number of nitrogens with zero attached hydrogens (tertiary/aromatic N) is 2. The van der Waals surface area contributed by atoms with E-state index < -0.39 is 0 Å². The molecule has 0 aliphatic carbocycles. The van der Waals surface area contributed by atoms with Crippen molar-refractivity contribution in [3.63, 3.8) is 0 Å². The van der Waals surface area contributed by atoms with Crippen molar-refractivity contribution >= 4 is 0 Å². The lowest BCUT2D eigenvalue weighted by Crippen LogP contribution is -2.16. The van der Waals surface area contributed by atoms with Gasteiger partial charge in [0.1, 0.15) is 5.82 Å². The van der Waals surface area contributed by atoms with Crippen molar-refractivity contribution < 1.29 is 13.9 Å². The van der Waals surface area contributed by atoms with Gasteiger partial charge in [0.05, 0.1) is 18.9 Å². The van der Waals surface area contributed by atoms with Gasteiger partial charge in [-0.15, -0.1) is 0 Å². The second-order valence-electron chi connectivity index (χ2n) is 6.94. The van der Waals surface area contributed by atoms with Crippen LogP contribution in [0, 0.1) is 5.82 Å². The van der Waals surface area contributed by atoms with Crippen LogP contribution in [0.2, 0.25) is 0 Å². The van der Waals surface area contributed by atoms with Crippen LogP contribution >= 0.6 is 0 Å². The van der Waals surface area contributed by atoms with Crippen LogP contribution in [0.25, 0.3) is 11.3 Å². The Labute approximate surface area is 164 Å². The minimum Gasteiger partial charge on any atom is -0.490 e. The van der Waals surface area contributed by atoms with Crippen molar-refractivity contribution in [3.05, 3.63) is 65.6 Å². The molecule has 6 heteroatoms. The molecule has 146 valence electrons. The lowest BCUT2D eigenvalue weighted by atomic mass is 10.1. The van der Waals surface area contributed by atoms with E-state index in [1.165, 1.54) is 12.1 Å². The number of benzene rings is 2. The molecule has 0 saturated heterocycles. The molecule has 2 heterocycles. The summed E-state index contributed by atoms with van der Waals surface area (Å²) in [5.41, 5.74) is 4.19. The summed E-state index contributed by atoms with van der Waals surface area (Å²) in [7, 11) is 1.93. The fourth-order valence-electron chi connectivity index (χ4n) is 3.33. The number of aromatic nitrogens is 2. The molecule has 3 aromatic rings. The van der Waals surface area contributed by atoms with E-state index >= 15 is 0 Å². The van der Waals surface area contributed by atoms with Gasteiger partial charge in [0.25, 0.3) is 0 Å². The molecule has 1 N–H and O–H groups in total. The molecule has 0 radical (unpaired) electrons. The standard InChI is InChI=1S/C22H24FN3O2/c1-26-15-18(14-24-10-9-16-3-6-19(23)7-4-16)22(25-26)17-5-8-20-21(13-17)28-12-2-11-27-20/h3-8,13,15,24H,2,9-12,14H2,1H3. The molecule has 28 heavy (non-hydrogen) atoms. The van der Waals surface area contributed by atoms with Crippen LogP contribution in [-0.4, -0.2) is 29.5 Å². The Bertz CT molecular complexity index is 937. The molecule has 0 saturated carbocycles. The Kier molecular flexibility index (Phi) is 5.58. The van der Waals surface area contributed by atoms with Gasteiger partial charge < -0.3 is 14.8 Å². The van der Waals surface area contributed by atoms with Gasteiger partial charge in [0, 0.05) is 37.3 Å². The fourth-order valence-corrected chi connectivity index (χ4v) is 3.33. The average Bonchev–Trinajstić information content (AvgIpc) is 2.92. The van der Waals surface area contributed by atoms with Gasteiger partial charge in [0.2, 0.25) is 0 Å². The SMILES string of the molecule is Cn1cc(CNCCc2ccc(F)cc2)c(-c2ccc3c(c2)OCCCO3)n1. The fraction of sp³-hybridized carbons (Fsp3) is 0.318. The van der Waals surface area contributed by atoms with Crippen molar-refractivity contribution in [2.75, 3.05) is 19.8 Å². The van der Waals surface area contributed by atoms with E-state index in [1.54, 1.807) is 0 Å². The summed E-state index contributed by atoms with van der Waals surface area (Å²) in [5.74, 6) is 1.36.